The van der Waals surface area contributed by atoms with Crippen molar-refractivity contribution in [2.24, 2.45) is 0 Å². The highest BCUT2D eigenvalue weighted by molar-refractivity contribution is 7.76. The van der Waals surface area contributed by atoms with E-state index >= 15 is 0 Å². The second-order valence-corrected chi connectivity index (χ2v) is 2.88. The second kappa shape index (κ2) is 3.26. The molecule has 0 amide bonds. The van der Waals surface area contributed by atoms with Gasteiger partial charge in [0.05, 0.1) is 6.67 Å². The monoisotopic (exact) mass is 149 g/mol. The summed E-state index contributed by atoms with van der Waals surface area (Å²) < 4.78 is 21.8. The van der Waals surface area contributed by atoms with Crippen molar-refractivity contribution in [1.29, 1.82) is 0 Å². The summed E-state index contributed by atoms with van der Waals surface area (Å²) in [5.41, 5.74) is 0. The molecule has 0 aromatic rings. The van der Waals surface area contributed by atoms with Gasteiger partial charge in [-0.3, -0.25) is 4.21 Å². The molecule has 0 saturated carbocycles. The summed E-state index contributed by atoms with van der Waals surface area (Å²) in [5.74, 6) is 0. The molecule has 1 heterocycles. The molecular formula is C4H9N2O2S-. The van der Waals surface area contributed by atoms with Crippen LogP contribution in [0.3, 0.4) is 0 Å². The molecule has 1 unspecified atom stereocenters. The van der Waals surface area contributed by atoms with E-state index in [1.807, 2.05) is 0 Å². The van der Waals surface area contributed by atoms with Gasteiger partial charge in [0, 0.05) is 17.8 Å². The van der Waals surface area contributed by atoms with E-state index in [4.69, 9.17) is 0 Å². The maximum Gasteiger partial charge on any atom is 0.0593 e. The smallest absolute Gasteiger partial charge is 0.0593 e. The molecule has 1 fully saturated rings. The van der Waals surface area contributed by atoms with E-state index in [9.17, 15) is 8.76 Å². The Morgan fingerprint density at radius 1 is 1.67 bits per heavy atom. The number of rotatable bonds is 1. The third kappa shape index (κ3) is 2.02. The summed E-state index contributed by atoms with van der Waals surface area (Å²) in [4.78, 5) is 0. The molecule has 9 heavy (non-hydrogen) atoms. The van der Waals surface area contributed by atoms with Crippen molar-refractivity contribution < 1.29 is 8.76 Å². The first-order valence-corrected chi connectivity index (χ1v) is 3.89. The molecular weight excluding hydrogens is 140 g/mol. The van der Waals surface area contributed by atoms with Crippen LogP contribution in [-0.2, 0) is 11.3 Å². The predicted molar refractivity (Wildman–Crippen MR) is 33.1 cm³/mol. The fourth-order valence-corrected chi connectivity index (χ4v) is 1.27. The van der Waals surface area contributed by atoms with Crippen LogP contribution in [0.15, 0.2) is 0 Å². The molecule has 1 N–H and O–H groups in total. The lowest BCUT2D eigenvalue weighted by Gasteiger charge is -2.28. The molecule has 4 nitrogen and oxygen atoms in total. The Morgan fingerprint density at radius 2 is 2.44 bits per heavy atom. The normalized spacial score (nSPS) is 25.9. The van der Waals surface area contributed by atoms with Crippen LogP contribution in [0.1, 0.15) is 6.42 Å². The SMILES string of the molecule is O=S([O-])N1CCCNC1. The molecule has 0 aromatic carbocycles. The molecule has 1 aliphatic rings. The molecule has 0 aromatic heterocycles. The second-order valence-electron chi connectivity index (χ2n) is 1.93. The van der Waals surface area contributed by atoms with E-state index in [-0.39, 0.29) is 0 Å². The molecule has 54 valence electrons. The molecule has 1 aliphatic heterocycles. The van der Waals surface area contributed by atoms with Crippen molar-refractivity contribution in [2.45, 2.75) is 6.42 Å². The Labute approximate surface area is 56.7 Å². The van der Waals surface area contributed by atoms with Crippen molar-refractivity contribution in [2.75, 3.05) is 19.8 Å². The van der Waals surface area contributed by atoms with Crippen LogP contribution in [0, 0.1) is 0 Å². The van der Waals surface area contributed by atoms with E-state index in [2.05, 4.69) is 5.32 Å². The predicted octanol–water partition coefficient (Wildman–Crippen LogP) is -0.967. The Balaban J connectivity index is 2.31. The topological polar surface area (TPSA) is 55.4 Å². The average Bonchev–Trinajstić information content (AvgIpc) is 1.90. The molecule has 1 atom stereocenters. The van der Waals surface area contributed by atoms with E-state index < -0.39 is 11.3 Å². The van der Waals surface area contributed by atoms with Crippen molar-refractivity contribution >= 4 is 11.3 Å². The van der Waals surface area contributed by atoms with Gasteiger partial charge in [-0.2, -0.15) is 0 Å². The third-order valence-electron chi connectivity index (χ3n) is 1.26. The zero-order valence-electron chi connectivity index (χ0n) is 5.00. The first kappa shape index (κ1) is 7.14. The zero-order chi connectivity index (χ0) is 6.69. The van der Waals surface area contributed by atoms with Gasteiger partial charge in [0.1, 0.15) is 0 Å². The minimum absolute atomic E-state index is 0.468. The number of nitrogens with zero attached hydrogens (tertiary/aromatic N) is 1. The van der Waals surface area contributed by atoms with Gasteiger partial charge in [0.2, 0.25) is 0 Å². The van der Waals surface area contributed by atoms with Gasteiger partial charge in [0.25, 0.3) is 0 Å². The van der Waals surface area contributed by atoms with Crippen LogP contribution in [0.2, 0.25) is 0 Å². The highest BCUT2D eigenvalue weighted by atomic mass is 32.2. The lowest BCUT2D eigenvalue weighted by molar-refractivity contribution is 0.319. The molecule has 0 spiro atoms. The third-order valence-corrected chi connectivity index (χ3v) is 1.99. The lowest BCUT2D eigenvalue weighted by Crippen LogP contribution is -2.42. The summed E-state index contributed by atoms with van der Waals surface area (Å²) in [6.07, 6.45) is 0.911. The largest absolute Gasteiger partial charge is 0.760 e. The summed E-state index contributed by atoms with van der Waals surface area (Å²) >= 11 is -2.03. The summed E-state index contributed by atoms with van der Waals surface area (Å²) in [7, 11) is 0. The molecule has 0 bridgehead atoms. The van der Waals surface area contributed by atoms with Gasteiger partial charge in [-0.25, -0.2) is 4.31 Å². The minimum Gasteiger partial charge on any atom is -0.760 e. The van der Waals surface area contributed by atoms with E-state index in [0.29, 0.717) is 13.2 Å². The molecule has 0 radical (unpaired) electrons. The van der Waals surface area contributed by atoms with E-state index in [1.165, 1.54) is 4.31 Å². The summed E-state index contributed by atoms with van der Waals surface area (Å²) in [6, 6.07) is 0. The van der Waals surface area contributed by atoms with Crippen molar-refractivity contribution in [1.82, 2.24) is 9.62 Å². The van der Waals surface area contributed by atoms with Crippen LogP contribution < -0.4 is 5.32 Å². The van der Waals surface area contributed by atoms with Gasteiger partial charge in [-0.05, 0) is 13.0 Å². The van der Waals surface area contributed by atoms with Crippen molar-refractivity contribution in [3.05, 3.63) is 0 Å². The Bertz CT molecular complexity index is 113. The minimum atomic E-state index is -2.03. The van der Waals surface area contributed by atoms with Gasteiger partial charge >= 0.3 is 0 Å². The lowest BCUT2D eigenvalue weighted by atomic mass is 10.4. The van der Waals surface area contributed by atoms with E-state index in [0.717, 1.165) is 13.0 Å². The van der Waals surface area contributed by atoms with Crippen molar-refractivity contribution in [3.8, 4) is 0 Å². The van der Waals surface area contributed by atoms with Gasteiger partial charge in [-0.15, -0.1) is 0 Å². The van der Waals surface area contributed by atoms with Crippen LogP contribution in [0.4, 0.5) is 0 Å². The van der Waals surface area contributed by atoms with Crippen LogP contribution in [-0.4, -0.2) is 32.8 Å². The fraction of sp³-hybridized carbons (Fsp3) is 1.00. The standard InChI is InChI=1S/C4H10N2O2S/c7-9(8)6-3-1-2-5-4-6/h5H,1-4H2,(H,7,8)/p-1. The first-order valence-electron chi connectivity index (χ1n) is 2.86. The zero-order valence-corrected chi connectivity index (χ0v) is 5.82. The first-order chi connectivity index (χ1) is 4.30. The average molecular weight is 149 g/mol. The van der Waals surface area contributed by atoms with Crippen LogP contribution in [0.25, 0.3) is 0 Å². The van der Waals surface area contributed by atoms with Gasteiger partial charge in [0.15, 0.2) is 0 Å². The number of nitrogens with one attached hydrogen (secondary N) is 1. The highest BCUT2D eigenvalue weighted by Crippen LogP contribution is 1.96. The van der Waals surface area contributed by atoms with Crippen LogP contribution in [0.5, 0.6) is 0 Å². The maximum absolute atomic E-state index is 10.2. The summed E-state index contributed by atoms with van der Waals surface area (Å²) in [5, 5.41) is 2.95. The number of hydrogen-bond acceptors (Lipinski definition) is 3. The Hall–Kier alpha value is 0.0300. The van der Waals surface area contributed by atoms with Crippen LogP contribution >= 0.6 is 0 Å². The van der Waals surface area contributed by atoms with Crippen molar-refractivity contribution in [3.63, 3.8) is 0 Å². The molecule has 1 rings (SSSR count). The van der Waals surface area contributed by atoms with E-state index in [1.54, 1.807) is 0 Å². The molecule has 0 aliphatic carbocycles. The maximum atomic E-state index is 10.2. The molecule has 1 saturated heterocycles. The quantitative estimate of drug-likeness (QED) is 0.488. The molecule has 5 heteroatoms. The van der Waals surface area contributed by atoms with Gasteiger partial charge in [-0.1, -0.05) is 0 Å². The fourth-order valence-electron chi connectivity index (χ4n) is 0.790. The Morgan fingerprint density at radius 3 is 2.78 bits per heavy atom. The van der Waals surface area contributed by atoms with Gasteiger partial charge < -0.3 is 9.87 Å². The summed E-state index contributed by atoms with van der Waals surface area (Å²) in [6.45, 7) is 2.05. The Kier molecular flexibility index (Phi) is 2.59. The highest BCUT2D eigenvalue weighted by Gasteiger charge is 2.07. The number of hydrogen-bond donors (Lipinski definition) is 1.